The Labute approximate surface area is 93.7 Å². The minimum Gasteiger partial charge on any atom is -0.336 e. The van der Waals surface area contributed by atoms with Gasteiger partial charge in [0.05, 0.1) is 18.1 Å². The summed E-state index contributed by atoms with van der Waals surface area (Å²) in [6.07, 6.45) is 3.88. The Hall–Kier alpha value is -1.68. The normalized spacial score (nSPS) is 12.7. The topological polar surface area (TPSA) is 43.8 Å². The molecule has 4 heteroatoms. The third-order valence-corrected chi connectivity index (χ3v) is 2.63. The van der Waals surface area contributed by atoms with E-state index >= 15 is 0 Å². The highest BCUT2D eigenvalue weighted by Crippen LogP contribution is 2.17. The molecule has 0 saturated heterocycles. The first-order valence-electron chi connectivity index (χ1n) is 5.13. The molecule has 1 aromatic carbocycles. The monoisotopic (exact) mass is 219 g/mol. The van der Waals surface area contributed by atoms with Crippen LogP contribution in [0.5, 0.6) is 0 Å². The van der Waals surface area contributed by atoms with E-state index in [1.165, 1.54) is 6.07 Å². The van der Waals surface area contributed by atoms with E-state index in [1.807, 2.05) is 17.7 Å². The fourth-order valence-corrected chi connectivity index (χ4v) is 1.73. The summed E-state index contributed by atoms with van der Waals surface area (Å²) in [7, 11) is 1.88. The lowest BCUT2D eigenvalue weighted by Gasteiger charge is -2.12. The lowest BCUT2D eigenvalue weighted by Crippen LogP contribution is -2.17. The van der Waals surface area contributed by atoms with E-state index in [4.69, 9.17) is 5.73 Å². The molecule has 2 N–H and O–H groups in total. The van der Waals surface area contributed by atoms with Gasteiger partial charge < -0.3 is 10.3 Å². The Morgan fingerprint density at radius 3 is 2.81 bits per heavy atom. The molecule has 0 amide bonds. The van der Waals surface area contributed by atoms with E-state index in [1.54, 1.807) is 24.7 Å². The van der Waals surface area contributed by atoms with E-state index in [9.17, 15) is 4.39 Å². The molecule has 84 valence electrons. The highest BCUT2D eigenvalue weighted by atomic mass is 19.1. The van der Waals surface area contributed by atoms with Gasteiger partial charge in [-0.25, -0.2) is 9.37 Å². The molecule has 2 aromatic rings. The molecule has 0 fully saturated rings. The van der Waals surface area contributed by atoms with Crippen molar-refractivity contribution in [3.8, 4) is 0 Å². The van der Waals surface area contributed by atoms with Crippen molar-refractivity contribution in [2.24, 2.45) is 12.8 Å². The van der Waals surface area contributed by atoms with Crippen molar-refractivity contribution < 1.29 is 4.39 Å². The van der Waals surface area contributed by atoms with Crippen LogP contribution in [0.15, 0.2) is 36.8 Å². The largest absolute Gasteiger partial charge is 0.336 e. The first-order chi connectivity index (χ1) is 7.68. The number of benzene rings is 1. The maximum absolute atomic E-state index is 13.4. The number of hydrogen-bond acceptors (Lipinski definition) is 2. The summed E-state index contributed by atoms with van der Waals surface area (Å²) < 4.78 is 15.3. The molecule has 0 radical (unpaired) electrons. The van der Waals surface area contributed by atoms with Gasteiger partial charge in [0.1, 0.15) is 5.82 Å². The van der Waals surface area contributed by atoms with Crippen molar-refractivity contribution in [2.75, 3.05) is 0 Å². The predicted octanol–water partition coefficient (Wildman–Crippen LogP) is 1.80. The number of aryl methyl sites for hydroxylation is 1. The number of nitrogens with zero attached hydrogens (tertiary/aromatic N) is 2. The van der Waals surface area contributed by atoms with Crippen LogP contribution >= 0.6 is 0 Å². The molecular weight excluding hydrogens is 205 g/mol. The smallest absolute Gasteiger partial charge is 0.126 e. The van der Waals surface area contributed by atoms with Gasteiger partial charge in [-0.15, -0.1) is 0 Å². The fourth-order valence-electron chi connectivity index (χ4n) is 1.73. The molecule has 0 bridgehead atoms. The molecule has 1 unspecified atom stereocenters. The molecular formula is C12H14FN3. The van der Waals surface area contributed by atoms with E-state index in [0.29, 0.717) is 12.0 Å². The Morgan fingerprint density at radius 2 is 2.19 bits per heavy atom. The Bertz CT molecular complexity index is 479. The van der Waals surface area contributed by atoms with Gasteiger partial charge in [-0.3, -0.25) is 0 Å². The minimum absolute atomic E-state index is 0.208. The van der Waals surface area contributed by atoms with Crippen molar-refractivity contribution in [3.63, 3.8) is 0 Å². The maximum atomic E-state index is 13.4. The molecule has 0 spiro atoms. The summed E-state index contributed by atoms with van der Waals surface area (Å²) >= 11 is 0. The third kappa shape index (κ3) is 2.12. The van der Waals surface area contributed by atoms with Crippen LogP contribution in [-0.2, 0) is 13.5 Å². The second kappa shape index (κ2) is 4.45. The summed E-state index contributed by atoms with van der Waals surface area (Å²) in [5.74, 6) is -0.208. The SMILES string of the molecule is Cn1cncc1C(N)Cc1ccccc1F. The van der Waals surface area contributed by atoms with Gasteiger partial charge in [0.15, 0.2) is 0 Å². The van der Waals surface area contributed by atoms with Gasteiger partial charge in [-0.1, -0.05) is 18.2 Å². The van der Waals surface area contributed by atoms with Gasteiger partial charge in [-0.2, -0.15) is 0 Å². The Kier molecular flexibility index (Phi) is 3.01. The summed E-state index contributed by atoms with van der Waals surface area (Å²) in [6.45, 7) is 0. The van der Waals surface area contributed by atoms with Gasteiger partial charge in [0.2, 0.25) is 0 Å². The highest BCUT2D eigenvalue weighted by Gasteiger charge is 2.12. The van der Waals surface area contributed by atoms with E-state index in [-0.39, 0.29) is 11.9 Å². The van der Waals surface area contributed by atoms with Crippen LogP contribution in [0.25, 0.3) is 0 Å². The number of aromatic nitrogens is 2. The summed E-state index contributed by atoms with van der Waals surface area (Å²) in [5, 5.41) is 0. The molecule has 0 aliphatic heterocycles. The maximum Gasteiger partial charge on any atom is 0.126 e. The summed E-state index contributed by atoms with van der Waals surface area (Å²) in [5.41, 5.74) is 7.55. The second-order valence-electron chi connectivity index (χ2n) is 3.83. The molecule has 3 nitrogen and oxygen atoms in total. The predicted molar refractivity (Wildman–Crippen MR) is 60.2 cm³/mol. The number of imidazole rings is 1. The summed E-state index contributed by atoms with van der Waals surface area (Å²) in [4.78, 5) is 4.00. The minimum atomic E-state index is -0.232. The van der Waals surface area contributed by atoms with Crippen LogP contribution in [0.3, 0.4) is 0 Å². The molecule has 1 heterocycles. The zero-order chi connectivity index (χ0) is 11.5. The van der Waals surface area contributed by atoms with Crippen molar-refractivity contribution in [3.05, 3.63) is 53.9 Å². The molecule has 16 heavy (non-hydrogen) atoms. The number of halogens is 1. The quantitative estimate of drug-likeness (QED) is 0.855. The molecule has 0 aliphatic rings. The third-order valence-electron chi connectivity index (χ3n) is 2.63. The fraction of sp³-hybridized carbons (Fsp3) is 0.250. The van der Waals surface area contributed by atoms with Crippen molar-refractivity contribution in [2.45, 2.75) is 12.5 Å². The highest BCUT2D eigenvalue weighted by molar-refractivity contribution is 5.20. The number of nitrogens with two attached hydrogens (primary N) is 1. The average Bonchev–Trinajstić information content (AvgIpc) is 2.68. The Balaban J connectivity index is 2.17. The lowest BCUT2D eigenvalue weighted by atomic mass is 10.0. The first-order valence-corrected chi connectivity index (χ1v) is 5.13. The first kappa shape index (κ1) is 10.8. The molecule has 1 atom stereocenters. The zero-order valence-corrected chi connectivity index (χ0v) is 9.10. The van der Waals surface area contributed by atoms with Crippen LogP contribution in [0.1, 0.15) is 17.3 Å². The van der Waals surface area contributed by atoms with E-state index in [0.717, 1.165) is 5.69 Å². The molecule has 0 saturated carbocycles. The molecule has 2 rings (SSSR count). The van der Waals surface area contributed by atoms with Crippen LogP contribution in [0.2, 0.25) is 0 Å². The number of rotatable bonds is 3. The van der Waals surface area contributed by atoms with Crippen LogP contribution in [0, 0.1) is 5.82 Å². The van der Waals surface area contributed by atoms with E-state index in [2.05, 4.69) is 4.98 Å². The van der Waals surface area contributed by atoms with Gasteiger partial charge in [-0.05, 0) is 18.1 Å². The molecule has 1 aromatic heterocycles. The van der Waals surface area contributed by atoms with Gasteiger partial charge >= 0.3 is 0 Å². The van der Waals surface area contributed by atoms with Crippen LogP contribution in [0.4, 0.5) is 4.39 Å². The standard InChI is InChI=1S/C12H14FN3/c1-16-8-15-7-12(16)11(14)6-9-4-2-3-5-10(9)13/h2-5,7-8,11H,6,14H2,1H3. The Morgan fingerprint density at radius 1 is 1.44 bits per heavy atom. The van der Waals surface area contributed by atoms with Gasteiger partial charge in [0.25, 0.3) is 0 Å². The zero-order valence-electron chi connectivity index (χ0n) is 9.10. The van der Waals surface area contributed by atoms with Crippen LogP contribution in [-0.4, -0.2) is 9.55 Å². The molecule has 0 aliphatic carbocycles. The average molecular weight is 219 g/mol. The lowest BCUT2D eigenvalue weighted by molar-refractivity contribution is 0.583. The van der Waals surface area contributed by atoms with Crippen LogP contribution < -0.4 is 5.73 Å². The van der Waals surface area contributed by atoms with E-state index < -0.39 is 0 Å². The number of hydrogen-bond donors (Lipinski definition) is 1. The van der Waals surface area contributed by atoms with Gasteiger partial charge in [0, 0.05) is 13.2 Å². The van der Waals surface area contributed by atoms with Crippen molar-refractivity contribution in [1.29, 1.82) is 0 Å². The second-order valence-corrected chi connectivity index (χ2v) is 3.83. The van der Waals surface area contributed by atoms with Crippen molar-refractivity contribution >= 4 is 0 Å². The van der Waals surface area contributed by atoms with Crippen molar-refractivity contribution in [1.82, 2.24) is 9.55 Å². The summed E-state index contributed by atoms with van der Waals surface area (Å²) in [6, 6.07) is 6.46.